The maximum Gasteiger partial charge on any atom is 0.222 e. The van der Waals surface area contributed by atoms with E-state index in [0.717, 1.165) is 43.9 Å². The summed E-state index contributed by atoms with van der Waals surface area (Å²) in [6.45, 7) is 2.18. The number of carbonyl (C=O) groups excluding carboxylic acids is 1. The van der Waals surface area contributed by atoms with Gasteiger partial charge in [-0.2, -0.15) is 0 Å². The fourth-order valence-corrected chi connectivity index (χ4v) is 2.24. The van der Waals surface area contributed by atoms with Gasteiger partial charge in [-0.15, -0.1) is 10.2 Å². The van der Waals surface area contributed by atoms with Crippen molar-refractivity contribution in [3.63, 3.8) is 0 Å². The summed E-state index contributed by atoms with van der Waals surface area (Å²) < 4.78 is 2.13. The third-order valence-electron chi connectivity index (χ3n) is 3.34. The largest absolute Gasteiger partial charge is 0.338 e. The van der Waals surface area contributed by atoms with E-state index in [1.165, 1.54) is 0 Å². The van der Waals surface area contributed by atoms with Gasteiger partial charge in [0.15, 0.2) is 5.82 Å². The zero-order valence-corrected chi connectivity index (χ0v) is 10.9. The number of rotatable bonds is 6. The second-order valence-electron chi connectivity index (χ2n) is 4.78. The molecule has 0 aromatic carbocycles. The molecule has 1 aromatic rings. The normalized spacial score (nSPS) is 13.7. The summed E-state index contributed by atoms with van der Waals surface area (Å²) in [4.78, 5) is 13.6. The maximum absolute atomic E-state index is 11.9. The summed E-state index contributed by atoms with van der Waals surface area (Å²) in [7, 11) is 1.82. The summed E-state index contributed by atoms with van der Waals surface area (Å²) >= 11 is 0. The number of nitrogens with zero attached hydrogens (tertiary/aromatic N) is 4. The van der Waals surface area contributed by atoms with E-state index in [-0.39, 0.29) is 5.91 Å². The molecule has 0 spiro atoms. The van der Waals surface area contributed by atoms with Gasteiger partial charge in [-0.25, -0.2) is 0 Å². The summed E-state index contributed by atoms with van der Waals surface area (Å²) in [5, 5.41) is 8.30. The van der Waals surface area contributed by atoms with E-state index in [1.54, 1.807) is 4.90 Å². The second kappa shape index (κ2) is 5.95. The molecular formula is C12H21N5O. The molecule has 2 rings (SSSR count). The lowest BCUT2D eigenvalue weighted by molar-refractivity contribution is -0.130. The first-order chi connectivity index (χ1) is 8.72. The maximum atomic E-state index is 11.9. The topological polar surface area (TPSA) is 77.0 Å². The molecule has 2 N–H and O–H groups in total. The molecule has 0 radical (unpaired) electrons. The third kappa shape index (κ3) is 2.87. The minimum Gasteiger partial charge on any atom is -0.338 e. The Kier molecular flexibility index (Phi) is 4.30. The SMILES string of the molecule is CN(Cc1nnc2n1CCC2)C(=O)CCCCN. The van der Waals surface area contributed by atoms with Crippen molar-refractivity contribution < 1.29 is 4.79 Å². The number of fused-ring (bicyclic) bond motifs is 1. The molecule has 0 atom stereocenters. The van der Waals surface area contributed by atoms with Crippen molar-refractivity contribution in [2.24, 2.45) is 5.73 Å². The molecular weight excluding hydrogens is 230 g/mol. The van der Waals surface area contributed by atoms with E-state index in [9.17, 15) is 4.79 Å². The first-order valence-corrected chi connectivity index (χ1v) is 6.57. The van der Waals surface area contributed by atoms with Crippen molar-refractivity contribution in [1.29, 1.82) is 0 Å². The highest BCUT2D eigenvalue weighted by Gasteiger charge is 2.19. The van der Waals surface area contributed by atoms with E-state index < -0.39 is 0 Å². The number of aromatic nitrogens is 3. The molecule has 0 bridgehead atoms. The lowest BCUT2D eigenvalue weighted by Crippen LogP contribution is -2.27. The number of amides is 1. The Morgan fingerprint density at radius 2 is 2.28 bits per heavy atom. The fraction of sp³-hybridized carbons (Fsp3) is 0.750. The highest BCUT2D eigenvalue weighted by Crippen LogP contribution is 2.15. The van der Waals surface area contributed by atoms with E-state index in [4.69, 9.17) is 5.73 Å². The standard InChI is InChI=1S/C12H21N5O/c1-16(12(18)6-2-3-7-13)9-11-15-14-10-5-4-8-17(10)11/h2-9,13H2,1H3. The van der Waals surface area contributed by atoms with Gasteiger partial charge in [0.25, 0.3) is 0 Å². The van der Waals surface area contributed by atoms with Crippen LogP contribution < -0.4 is 5.73 Å². The number of aryl methyl sites for hydroxylation is 1. The summed E-state index contributed by atoms with van der Waals surface area (Å²) in [5.41, 5.74) is 5.42. The van der Waals surface area contributed by atoms with Gasteiger partial charge in [-0.3, -0.25) is 4.79 Å². The third-order valence-corrected chi connectivity index (χ3v) is 3.34. The molecule has 18 heavy (non-hydrogen) atoms. The van der Waals surface area contributed by atoms with Crippen LogP contribution in [-0.4, -0.2) is 39.2 Å². The van der Waals surface area contributed by atoms with E-state index >= 15 is 0 Å². The molecule has 1 aliphatic heterocycles. The van der Waals surface area contributed by atoms with Crippen molar-refractivity contribution in [2.75, 3.05) is 13.6 Å². The smallest absolute Gasteiger partial charge is 0.222 e. The quantitative estimate of drug-likeness (QED) is 0.738. The minimum atomic E-state index is 0.152. The zero-order valence-electron chi connectivity index (χ0n) is 10.9. The van der Waals surface area contributed by atoms with Crippen LogP contribution in [0.5, 0.6) is 0 Å². The lowest BCUT2D eigenvalue weighted by Gasteiger charge is -2.16. The Morgan fingerprint density at radius 3 is 3.06 bits per heavy atom. The summed E-state index contributed by atoms with van der Waals surface area (Å²) in [5.74, 6) is 2.10. The number of hydrogen-bond acceptors (Lipinski definition) is 4. The van der Waals surface area contributed by atoms with Crippen LogP contribution in [0.4, 0.5) is 0 Å². The van der Waals surface area contributed by atoms with Gasteiger partial charge in [0.05, 0.1) is 6.54 Å². The number of nitrogens with two attached hydrogens (primary N) is 1. The van der Waals surface area contributed by atoms with Gasteiger partial charge < -0.3 is 15.2 Å². The van der Waals surface area contributed by atoms with Crippen LogP contribution >= 0.6 is 0 Å². The van der Waals surface area contributed by atoms with E-state index in [1.807, 2.05) is 7.05 Å². The number of unbranched alkanes of at least 4 members (excludes halogenated alkanes) is 1. The average Bonchev–Trinajstić information content (AvgIpc) is 2.94. The lowest BCUT2D eigenvalue weighted by atomic mass is 10.2. The summed E-state index contributed by atoms with van der Waals surface area (Å²) in [6, 6.07) is 0. The molecule has 0 unspecified atom stereocenters. The van der Waals surface area contributed by atoms with Crippen LogP contribution in [0.2, 0.25) is 0 Å². The van der Waals surface area contributed by atoms with Crippen LogP contribution in [0.25, 0.3) is 0 Å². The van der Waals surface area contributed by atoms with Gasteiger partial charge in [-0.1, -0.05) is 0 Å². The van der Waals surface area contributed by atoms with Gasteiger partial charge in [-0.05, 0) is 25.8 Å². The Bertz CT molecular complexity index is 415. The van der Waals surface area contributed by atoms with E-state index in [2.05, 4.69) is 14.8 Å². The molecule has 1 aliphatic rings. The van der Waals surface area contributed by atoms with Crippen LogP contribution in [0, 0.1) is 0 Å². The first-order valence-electron chi connectivity index (χ1n) is 6.57. The summed E-state index contributed by atoms with van der Waals surface area (Å²) in [6.07, 6.45) is 4.46. The molecule has 6 nitrogen and oxygen atoms in total. The van der Waals surface area contributed by atoms with Gasteiger partial charge in [0.1, 0.15) is 5.82 Å². The van der Waals surface area contributed by atoms with Crippen molar-refractivity contribution in [2.45, 2.75) is 45.2 Å². The zero-order chi connectivity index (χ0) is 13.0. The van der Waals surface area contributed by atoms with Crippen molar-refractivity contribution in [3.8, 4) is 0 Å². The number of hydrogen-bond donors (Lipinski definition) is 1. The Labute approximate surface area is 107 Å². The molecule has 6 heteroatoms. The van der Waals surface area contributed by atoms with Crippen LogP contribution in [0.3, 0.4) is 0 Å². The van der Waals surface area contributed by atoms with E-state index in [0.29, 0.717) is 19.5 Å². The van der Waals surface area contributed by atoms with Crippen LogP contribution in [0.1, 0.15) is 37.3 Å². The molecule has 0 saturated heterocycles. The first kappa shape index (κ1) is 13.0. The molecule has 0 saturated carbocycles. The Hall–Kier alpha value is -1.43. The molecule has 1 amide bonds. The second-order valence-corrected chi connectivity index (χ2v) is 4.78. The van der Waals surface area contributed by atoms with Gasteiger partial charge >= 0.3 is 0 Å². The highest BCUT2D eigenvalue weighted by atomic mass is 16.2. The average molecular weight is 251 g/mol. The number of carbonyl (C=O) groups is 1. The molecule has 0 aliphatic carbocycles. The predicted octanol–water partition coefficient (Wildman–Crippen LogP) is 0.312. The van der Waals surface area contributed by atoms with Crippen LogP contribution in [-0.2, 0) is 24.3 Å². The highest BCUT2D eigenvalue weighted by molar-refractivity contribution is 5.75. The van der Waals surface area contributed by atoms with Crippen molar-refractivity contribution in [3.05, 3.63) is 11.6 Å². The molecule has 100 valence electrons. The minimum absolute atomic E-state index is 0.152. The van der Waals surface area contributed by atoms with Crippen molar-refractivity contribution >= 4 is 5.91 Å². The molecule has 1 aromatic heterocycles. The molecule has 2 heterocycles. The van der Waals surface area contributed by atoms with Crippen LogP contribution in [0.15, 0.2) is 0 Å². The van der Waals surface area contributed by atoms with Gasteiger partial charge in [0, 0.05) is 26.4 Å². The fourth-order valence-electron chi connectivity index (χ4n) is 2.24. The van der Waals surface area contributed by atoms with Crippen molar-refractivity contribution in [1.82, 2.24) is 19.7 Å². The molecule has 0 fully saturated rings. The Balaban J connectivity index is 1.86. The van der Waals surface area contributed by atoms with Gasteiger partial charge in [0.2, 0.25) is 5.91 Å². The Morgan fingerprint density at radius 1 is 1.44 bits per heavy atom. The predicted molar refractivity (Wildman–Crippen MR) is 67.7 cm³/mol. The monoisotopic (exact) mass is 251 g/mol.